The van der Waals surface area contributed by atoms with E-state index in [9.17, 15) is 14.7 Å². The maximum atomic E-state index is 13.3. The third kappa shape index (κ3) is 4.84. The van der Waals surface area contributed by atoms with E-state index >= 15 is 0 Å². The molecule has 2 aromatic carbocycles. The summed E-state index contributed by atoms with van der Waals surface area (Å²) in [4.78, 5) is 29.9. The first-order valence-corrected chi connectivity index (χ1v) is 11.7. The molecule has 2 aliphatic heterocycles. The summed E-state index contributed by atoms with van der Waals surface area (Å²) >= 11 is 0. The van der Waals surface area contributed by atoms with Gasteiger partial charge in [-0.05, 0) is 69.4 Å². The van der Waals surface area contributed by atoms with Gasteiger partial charge in [-0.3, -0.25) is 9.59 Å². The molecular formula is C27H32N2O6. The SMILES string of the molecule is COc1cc(C2/C(=C(\O)c3ccc4c(c3)CCO4)C(=O)C(=O)N2CCN(C)C)ccc1OC(C)C. The van der Waals surface area contributed by atoms with Crippen LogP contribution in [-0.2, 0) is 16.0 Å². The molecule has 0 radical (unpaired) electrons. The van der Waals surface area contributed by atoms with Crippen molar-refractivity contribution in [2.45, 2.75) is 32.4 Å². The number of aliphatic hydroxyl groups is 1. The highest BCUT2D eigenvalue weighted by atomic mass is 16.5. The maximum absolute atomic E-state index is 13.3. The van der Waals surface area contributed by atoms with Gasteiger partial charge < -0.3 is 29.1 Å². The average molecular weight is 481 g/mol. The molecule has 0 bridgehead atoms. The molecule has 35 heavy (non-hydrogen) atoms. The van der Waals surface area contributed by atoms with Crippen molar-refractivity contribution >= 4 is 17.4 Å². The molecule has 1 unspecified atom stereocenters. The highest BCUT2D eigenvalue weighted by molar-refractivity contribution is 6.46. The highest BCUT2D eigenvalue weighted by Crippen LogP contribution is 2.42. The Morgan fingerprint density at radius 3 is 2.63 bits per heavy atom. The summed E-state index contributed by atoms with van der Waals surface area (Å²) in [6, 6.07) is 9.90. The van der Waals surface area contributed by atoms with Crippen molar-refractivity contribution in [2.24, 2.45) is 0 Å². The van der Waals surface area contributed by atoms with E-state index in [4.69, 9.17) is 14.2 Å². The van der Waals surface area contributed by atoms with Crippen molar-refractivity contribution in [2.75, 3.05) is 40.9 Å². The van der Waals surface area contributed by atoms with Gasteiger partial charge in [0.05, 0.1) is 31.4 Å². The van der Waals surface area contributed by atoms with Gasteiger partial charge in [-0.1, -0.05) is 6.07 Å². The van der Waals surface area contributed by atoms with Crippen LogP contribution in [0.15, 0.2) is 42.0 Å². The Balaban J connectivity index is 1.83. The second-order valence-corrected chi connectivity index (χ2v) is 9.29. The first kappa shape index (κ1) is 24.6. The molecule has 0 spiro atoms. The van der Waals surface area contributed by atoms with Crippen molar-refractivity contribution in [1.82, 2.24) is 9.80 Å². The Hall–Kier alpha value is -3.52. The minimum atomic E-state index is -0.763. The molecule has 1 atom stereocenters. The molecule has 2 aromatic rings. The van der Waals surface area contributed by atoms with Crippen LogP contribution in [0.25, 0.3) is 5.76 Å². The zero-order valence-electron chi connectivity index (χ0n) is 20.8. The van der Waals surface area contributed by atoms with Gasteiger partial charge in [0.2, 0.25) is 0 Å². The number of likely N-dealkylation sites (tertiary alicyclic amines) is 1. The third-order valence-corrected chi connectivity index (χ3v) is 6.16. The first-order chi connectivity index (χ1) is 16.7. The number of amides is 1. The monoisotopic (exact) mass is 480 g/mol. The zero-order chi connectivity index (χ0) is 25.3. The van der Waals surface area contributed by atoms with Crippen LogP contribution in [0.5, 0.6) is 17.2 Å². The van der Waals surface area contributed by atoms with Crippen molar-refractivity contribution < 1.29 is 28.9 Å². The van der Waals surface area contributed by atoms with E-state index in [0.717, 1.165) is 17.7 Å². The van der Waals surface area contributed by atoms with E-state index in [1.807, 2.05) is 45.0 Å². The molecule has 1 fully saturated rings. The number of aliphatic hydroxyl groups excluding tert-OH is 1. The van der Waals surface area contributed by atoms with Gasteiger partial charge in [0.1, 0.15) is 11.5 Å². The van der Waals surface area contributed by atoms with Crippen molar-refractivity contribution in [1.29, 1.82) is 0 Å². The summed E-state index contributed by atoms with van der Waals surface area (Å²) in [6.07, 6.45) is 0.676. The fourth-order valence-corrected chi connectivity index (χ4v) is 4.46. The molecule has 1 amide bonds. The zero-order valence-corrected chi connectivity index (χ0v) is 20.8. The molecule has 8 heteroatoms. The smallest absolute Gasteiger partial charge is 0.295 e. The predicted molar refractivity (Wildman–Crippen MR) is 132 cm³/mol. The maximum Gasteiger partial charge on any atom is 0.295 e. The number of carbonyl (C=O) groups is 2. The van der Waals surface area contributed by atoms with Crippen LogP contribution in [-0.4, -0.2) is 73.6 Å². The minimum Gasteiger partial charge on any atom is -0.507 e. The van der Waals surface area contributed by atoms with Gasteiger partial charge in [-0.2, -0.15) is 0 Å². The number of rotatable bonds is 8. The van der Waals surface area contributed by atoms with Crippen LogP contribution in [0.4, 0.5) is 0 Å². The number of fused-ring (bicyclic) bond motifs is 1. The number of methoxy groups -OCH3 is 1. The lowest BCUT2D eigenvalue weighted by Crippen LogP contribution is -2.35. The van der Waals surface area contributed by atoms with Crippen molar-refractivity contribution in [3.63, 3.8) is 0 Å². The van der Waals surface area contributed by atoms with Crippen LogP contribution in [0.3, 0.4) is 0 Å². The number of benzene rings is 2. The second-order valence-electron chi connectivity index (χ2n) is 9.29. The minimum absolute atomic E-state index is 0.0516. The average Bonchev–Trinajstić information content (AvgIpc) is 3.39. The van der Waals surface area contributed by atoms with Crippen LogP contribution < -0.4 is 14.2 Å². The molecule has 0 saturated carbocycles. The number of ketones is 1. The largest absolute Gasteiger partial charge is 0.507 e. The van der Waals surface area contributed by atoms with E-state index in [0.29, 0.717) is 42.3 Å². The number of Topliss-reactive ketones (excluding diaryl/α,β-unsaturated/α-hetero) is 1. The molecule has 0 aliphatic carbocycles. The molecular weight excluding hydrogens is 448 g/mol. The molecule has 2 heterocycles. The molecule has 4 rings (SSSR count). The normalized spacial score (nSPS) is 18.8. The number of ether oxygens (including phenoxy) is 3. The van der Waals surface area contributed by atoms with E-state index in [2.05, 4.69) is 0 Å². The van der Waals surface area contributed by atoms with Crippen molar-refractivity contribution in [3.8, 4) is 17.2 Å². The molecule has 2 aliphatic rings. The molecule has 1 N–H and O–H groups in total. The van der Waals surface area contributed by atoms with Gasteiger partial charge in [-0.25, -0.2) is 0 Å². The summed E-state index contributed by atoms with van der Waals surface area (Å²) in [5.74, 6) is 0.292. The Bertz CT molecular complexity index is 1170. The Kier molecular flexibility index (Phi) is 7.03. The fourth-order valence-electron chi connectivity index (χ4n) is 4.46. The summed E-state index contributed by atoms with van der Waals surface area (Å²) in [6.45, 7) is 5.31. The van der Waals surface area contributed by atoms with E-state index in [1.54, 1.807) is 31.4 Å². The van der Waals surface area contributed by atoms with Crippen LogP contribution in [0, 0.1) is 0 Å². The standard InChI is InChI=1S/C27H32N2O6/c1-16(2)35-21-9-6-18(15-22(21)33-5)24-23(26(31)27(32)29(24)12-11-28(3)4)25(30)19-7-8-20-17(14-19)10-13-34-20/h6-9,14-16,24,30H,10-13H2,1-5H3/b25-23+. The van der Waals surface area contributed by atoms with Gasteiger partial charge >= 0.3 is 0 Å². The Morgan fingerprint density at radius 1 is 1.17 bits per heavy atom. The molecule has 1 saturated heterocycles. The topological polar surface area (TPSA) is 88.5 Å². The predicted octanol–water partition coefficient (Wildman–Crippen LogP) is 3.40. The van der Waals surface area contributed by atoms with Gasteiger partial charge in [-0.15, -0.1) is 0 Å². The third-order valence-electron chi connectivity index (χ3n) is 6.16. The number of nitrogens with zero attached hydrogens (tertiary/aromatic N) is 2. The van der Waals surface area contributed by atoms with Gasteiger partial charge in [0.15, 0.2) is 11.5 Å². The van der Waals surface area contributed by atoms with Crippen LogP contribution in [0.2, 0.25) is 0 Å². The quantitative estimate of drug-likeness (QED) is 0.352. The fraction of sp³-hybridized carbons (Fsp3) is 0.407. The molecule has 186 valence electrons. The first-order valence-electron chi connectivity index (χ1n) is 11.7. The summed E-state index contributed by atoms with van der Waals surface area (Å²) in [7, 11) is 5.35. The lowest BCUT2D eigenvalue weighted by atomic mass is 9.94. The Morgan fingerprint density at radius 2 is 1.94 bits per heavy atom. The summed E-state index contributed by atoms with van der Waals surface area (Å²) in [5.41, 5.74) is 2.16. The molecule has 8 nitrogen and oxygen atoms in total. The van der Waals surface area contributed by atoms with Gasteiger partial charge in [0, 0.05) is 25.1 Å². The van der Waals surface area contributed by atoms with Crippen LogP contribution in [0.1, 0.15) is 36.6 Å². The van der Waals surface area contributed by atoms with E-state index < -0.39 is 17.7 Å². The Labute approximate surface area is 205 Å². The highest BCUT2D eigenvalue weighted by Gasteiger charge is 2.46. The molecule has 0 aromatic heterocycles. The lowest BCUT2D eigenvalue weighted by Gasteiger charge is -2.27. The number of carbonyl (C=O) groups excluding carboxylic acids is 2. The summed E-state index contributed by atoms with van der Waals surface area (Å²) < 4.78 is 17.0. The van der Waals surface area contributed by atoms with Crippen molar-refractivity contribution in [3.05, 3.63) is 58.7 Å². The summed E-state index contributed by atoms with van der Waals surface area (Å²) in [5, 5.41) is 11.3. The number of hydrogen-bond acceptors (Lipinski definition) is 7. The van der Waals surface area contributed by atoms with E-state index in [1.165, 1.54) is 4.90 Å². The lowest BCUT2D eigenvalue weighted by molar-refractivity contribution is -0.140. The van der Waals surface area contributed by atoms with Crippen LogP contribution >= 0.6 is 0 Å². The van der Waals surface area contributed by atoms with Gasteiger partial charge in [0.25, 0.3) is 11.7 Å². The number of likely N-dealkylation sites (N-methyl/N-ethyl adjacent to an activating group) is 1. The number of hydrogen-bond donors (Lipinski definition) is 1. The van der Waals surface area contributed by atoms with E-state index in [-0.39, 0.29) is 17.4 Å². The second kappa shape index (κ2) is 10.00.